The van der Waals surface area contributed by atoms with Gasteiger partial charge in [0.2, 0.25) is 0 Å². The number of hydrogen-bond donors (Lipinski definition) is 1. The number of aromatic nitrogens is 2. The van der Waals surface area contributed by atoms with Crippen LogP contribution in [0, 0.1) is 0 Å². The Morgan fingerprint density at radius 3 is 3.10 bits per heavy atom. The maximum atomic E-state index is 12.2. The van der Waals surface area contributed by atoms with Gasteiger partial charge in [-0.05, 0) is 41.4 Å². The lowest BCUT2D eigenvalue weighted by molar-refractivity contribution is 0.181. The maximum Gasteiger partial charge on any atom is 0.283 e. The molecule has 1 heterocycles. The van der Waals surface area contributed by atoms with E-state index in [0.717, 1.165) is 18.5 Å². The first-order chi connectivity index (χ1) is 10.2. The first-order valence-corrected chi connectivity index (χ1v) is 9.27. The number of halogens is 1. The number of nitrogens with one attached hydrogen (secondary N) is 1. The highest BCUT2D eigenvalue weighted by atomic mass is 79.9. The average molecular weight is 376 g/mol. The molecule has 0 amide bonds. The van der Waals surface area contributed by atoms with Crippen LogP contribution < -0.4 is 10.9 Å². The number of rotatable bonds is 6. The Kier molecular flexibility index (Phi) is 6.57. The molecule has 0 aliphatic heterocycles. The second kappa shape index (κ2) is 8.19. The quantitative estimate of drug-likeness (QED) is 0.828. The van der Waals surface area contributed by atoms with Gasteiger partial charge in [-0.3, -0.25) is 4.79 Å². The minimum Gasteiger partial charge on any atom is -0.383 e. The Labute approximate surface area is 138 Å². The highest BCUT2D eigenvalue weighted by molar-refractivity contribution is 9.10. The van der Waals surface area contributed by atoms with Crippen molar-refractivity contribution in [1.29, 1.82) is 0 Å². The van der Waals surface area contributed by atoms with Crippen molar-refractivity contribution in [1.82, 2.24) is 9.78 Å². The molecular weight excluding hydrogens is 354 g/mol. The Morgan fingerprint density at radius 1 is 1.57 bits per heavy atom. The normalized spacial score (nSPS) is 22.2. The van der Waals surface area contributed by atoms with Crippen LogP contribution in [0.15, 0.2) is 15.5 Å². The number of ether oxygens (including phenoxy) is 1. The molecule has 1 N–H and O–H groups in total. The van der Waals surface area contributed by atoms with Gasteiger partial charge in [-0.25, -0.2) is 4.68 Å². The third kappa shape index (κ3) is 4.47. The highest BCUT2D eigenvalue weighted by Gasteiger charge is 2.22. The second-order valence-corrected chi connectivity index (χ2v) is 7.19. The van der Waals surface area contributed by atoms with Crippen LogP contribution in [0.2, 0.25) is 0 Å². The van der Waals surface area contributed by atoms with Gasteiger partial charge >= 0.3 is 0 Å². The van der Waals surface area contributed by atoms with Crippen LogP contribution in [0.4, 0.5) is 5.69 Å². The zero-order chi connectivity index (χ0) is 15.2. The van der Waals surface area contributed by atoms with E-state index in [4.69, 9.17) is 4.74 Å². The van der Waals surface area contributed by atoms with Gasteiger partial charge in [0.1, 0.15) is 4.47 Å². The molecule has 2 unspecified atom stereocenters. The fraction of sp³-hybridized carbons (Fsp3) is 0.714. The summed E-state index contributed by atoms with van der Waals surface area (Å²) in [6.07, 6.45) is 8.71. The number of methoxy groups -OCH3 is 1. The van der Waals surface area contributed by atoms with Crippen molar-refractivity contribution in [2.24, 2.45) is 0 Å². The van der Waals surface area contributed by atoms with Gasteiger partial charge in [-0.2, -0.15) is 16.9 Å². The van der Waals surface area contributed by atoms with Gasteiger partial charge in [-0.15, -0.1) is 0 Å². The number of anilines is 1. The van der Waals surface area contributed by atoms with E-state index < -0.39 is 0 Å². The molecule has 7 heteroatoms. The van der Waals surface area contributed by atoms with E-state index in [1.807, 2.05) is 11.8 Å². The Morgan fingerprint density at radius 2 is 2.38 bits per heavy atom. The van der Waals surface area contributed by atoms with E-state index in [1.54, 1.807) is 13.3 Å². The van der Waals surface area contributed by atoms with Gasteiger partial charge in [0, 0.05) is 18.4 Å². The summed E-state index contributed by atoms with van der Waals surface area (Å²) in [5, 5.41) is 8.39. The summed E-state index contributed by atoms with van der Waals surface area (Å²) in [7, 11) is 1.61. The Bertz CT molecular complexity index is 523. The van der Waals surface area contributed by atoms with E-state index in [-0.39, 0.29) is 5.56 Å². The van der Waals surface area contributed by atoms with E-state index in [2.05, 4.69) is 32.6 Å². The summed E-state index contributed by atoms with van der Waals surface area (Å²) in [6, 6.07) is 0.420. The molecule has 0 aromatic carbocycles. The average Bonchev–Trinajstić information content (AvgIpc) is 2.51. The lowest BCUT2D eigenvalue weighted by atomic mass is 9.95. The van der Waals surface area contributed by atoms with Gasteiger partial charge in [0.15, 0.2) is 0 Å². The Balaban J connectivity index is 2.06. The maximum absolute atomic E-state index is 12.2. The molecule has 21 heavy (non-hydrogen) atoms. The van der Waals surface area contributed by atoms with Crippen LogP contribution in [0.1, 0.15) is 25.7 Å². The standard InChI is InChI=1S/C14H22BrN3O2S/c1-20-7-6-18-14(19)13(15)12(9-16-18)17-10-4-3-5-11(8-10)21-2/h9-11,17H,3-8H2,1-2H3. The number of nitrogens with zero attached hydrogens (tertiary/aromatic N) is 2. The molecule has 0 spiro atoms. The topological polar surface area (TPSA) is 56.1 Å². The zero-order valence-electron chi connectivity index (χ0n) is 12.5. The summed E-state index contributed by atoms with van der Waals surface area (Å²) < 4.78 is 6.96. The molecule has 1 saturated carbocycles. The monoisotopic (exact) mass is 375 g/mol. The van der Waals surface area contributed by atoms with Crippen molar-refractivity contribution in [2.45, 2.75) is 43.5 Å². The number of hydrogen-bond acceptors (Lipinski definition) is 5. The second-order valence-electron chi connectivity index (χ2n) is 5.26. The molecule has 2 atom stereocenters. The minimum absolute atomic E-state index is 0.116. The molecule has 2 rings (SSSR count). The predicted molar refractivity (Wildman–Crippen MR) is 91.3 cm³/mol. The van der Waals surface area contributed by atoms with Crippen molar-refractivity contribution >= 4 is 33.4 Å². The van der Waals surface area contributed by atoms with Gasteiger partial charge in [0.25, 0.3) is 5.56 Å². The van der Waals surface area contributed by atoms with E-state index >= 15 is 0 Å². The molecule has 118 valence electrons. The summed E-state index contributed by atoms with van der Waals surface area (Å²) in [5.74, 6) is 0. The van der Waals surface area contributed by atoms with Crippen LogP contribution in [0.3, 0.4) is 0 Å². The summed E-state index contributed by atoms with van der Waals surface area (Å²) >= 11 is 5.33. The largest absolute Gasteiger partial charge is 0.383 e. The molecular formula is C14H22BrN3O2S. The first-order valence-electron chi connectivity index (χ1n) is 7.19. The fourth-order valence-corrected chi connectivity index (χ4v) is 3.86. The summed E-state index contributed by atoms with van der Waals surface area (Å²) in [4.78, 5) is 12.2. The number of thioether (sulfide) groups is 1. The molecule has 0 radical (unpaired) electrons. The predicted octanol–water partition coefficient (Wildman–Crippen LogP) is 2.74. The van der Waals surface area contributed by atoms with Gasteiger partial charge < -0.3 is 10.1 Å². The molecule has 0 saturated heterocycles. The Hall–Kier alpha value is -0.530. The minimum atomic E-state index is -0.116. The van der Waals surface area contributed by atoms with E-state index in [0.29, 0.717) is 28.9 Å². The highest BCUT2D eigenvalue weighted by Crippen LogP contribution is 2.29. The smallest absolute Gasteiger partial charge is 0.283 e. The van der Waals surface area contributed by atoms with E-state index in [1.165, 1.54) is 17.5 Å². The van der Waals surface area contributed by atoms with Crippen LogP contribution in [-0.2, 0) is 11.3 Å². The van der Waals surface area contributed by atoms with Crippen LogP contribution in [0.25, 0.3) is 0 Å². The third-order valence-corrected chi connectivity index (χ3v) is 5.67. The molecule has 1 fully saturated rings. The summed E-state index contributed by atoms with van der Waals surface area (Å²) in [5.41, 5.74) is 0.676. The van der Waals surface area contributed by atoms with Crippen LogP contribution in [0.5, 0.6) is 0 Å². The van der Waals surface area contributed by atoms with Gasteiger partial charge in [0.05, 0.1) is 25.0 Å². The van der Waals surface area contributed by atoms with Crippen LogP contribution in [-0.4, -0.2) is 41.0 Å². The molecule has 1 aromatic rings. The zero-order valence-corrected chi connectivity index (χ0v) is 14.9. The van der Waals surface area contributed by atoms with Crippen molar-refractivity contribution in [3.05, 3.63) is 21.0 Å². The van der Waals surface area contributed by atoms with E-state index in [9.17, 15) is 4.79 Å². The van der Waals surface area contributed by atoms with Gasteiger partial charge in [-0.1, -0.05) is 6.42 Å². The lowest BCUT2D eigenvalue weighted by Crippen LogP contribution is -2.31. The van der Waals surface area contributed by atoms with Crippen molar-refractivity contribution in [3.63, 3.8) is 0 Å². The molecule has 5 nitrogen and oxygen atoms in total. The third-order valence-electron chi connectivity index (χ3n) is 3.81. The molecule has 1 aromatic heterocycles. The lowest BCUT2D eigenvalue weighted by Gasteiger charge is -2.29. The fourth-order valence-electron chi connectivity index (χ4n) is 2.61. The van der Waals surface area contributed by atoms with Crippen molar-refractivity contribution in [2.75, 3.05) is 25.3 Å². The summed E-state index contributed by atoms with van der Waals surface area (Å²) in [6.45, 7) is 0.941. The molecule has 1 aliphatic carbocycles. The first kappa shape index (κ1) is 16.8. The molecule has 1 aliphatic rings. The SMILES string of the molecule is COCCn1ncc(NC2CCCC(SC)C2)c(Br)c1=O. The van der Waals surface area contributed by atoms with Crippen molar-refractivity contribution < 1.29 is 4.74 Å². The molecule has 0 bridgehead atoms. The van der Waals surface area contributed by atoms with Crippen LogP contribution >= 0.6 is 27.7 Å². The van der Waals surface area contributed by atoms with Crippen molar-refractivity contribution in [3.8, 4) is 0 Å².